The van der Waals surface area contributed by atoms with Gasteiger partial charge in [0.1, 0.15) is 5.92 Å². The van der Waals surface area contributed by atoms with Gasteiger partial charge in [-0.3, -0.25) is 20.2 Å². The highest BCUT2D eigenvalue weighted by Crippen LogP contribution is 2.39. The quantitative estimate of drug-likeness (QED) is 0.288. The molecule has 1 aromatic carbocycles. The number of hydrogen-bond acceptors (Lipinski definition) is 8. The van der Waals surface area contributed by atoms with E-state index in [1.165, 1.54) is 32.0 Å². The summed E-state index contributed by atoms with van der Waals surface area (Å²) in [5.74, 6) is -5.03. The van der Waals surface area contributed by atoms with Gasteiger partial charge in [-0.1, -0.05) is 12.1 Å². The predicted octanol–water partition coefficient (Wildman–Crippen LogP) is 1.86. The Kier molecular flexibility index (Phi) is 8.13. The number of carboxylic acid groups (broad SMARTS) is 3. The lowest BCUT2D eigenvalue weighted by Gasteiger charge is -2.25. The van der Waals surface area contributed by atoms with Gasteiger partial charge in [-0.2, -0.15) is 0 Å². The van der Waals surface area contributed by atoms with Crippen LogP contribution in [0.25, 0.3) is 0 Å². The van der Waals surface area contributed by atoms with E-state index >= 15 is 0 Å². The maximum Gasteiger partial charge on any atom is 0.334 e. The minimum absolute atomic E-state index is 0.184. The minimum atomic E-state index is -1.32. The third-order valence-electron chi connectivity index (χ3n) is 3.94. The molecule has 0 aliphatic carbocycles. The van der Waals surface area contributed by atoms with Crippen molar-refractivity contribution in [3.05, 3.63) is 84.9 Å². The van der Waals surface area contributed by atoms with E-state index in [0.29, 0.717) is 12.2 Å². The monoisotopic (exact) mass is 435 g/mol. The van der Waals surface area contributed by atoms with Crippen molar-refractivity contribution in [2.24, 2.45) is 0 Å². The van der Waals surface area contributed by atoms with Crippen LogP contribution in [0.5, 0.6) is 0 Å². The molecule has 1 aliphatic heterocycles. The molecule has 164 valence electrons. The van der Waals surface area contributed by atoms with E-state index in [1.807, 2.05) is 0 Å². The van der Waals surface area contributed by atoms with Crippen molar-refractivity contribution in [3.63, 3.8) is 0 Å². The van der Waals surface area contributed by atoms with E-state index in [4.69, 9.17) is 10.2 Å². The number of aliphatic carboxylic acids is 3. The van der Waals surface area contributed by atoms with Gasteiger partial charge in [-0.15, -0.1) is 0 Å². The molecule has 0 spiro atoms. The molecule has 1 heterocycles. The molecule has 1 atom stereocenters. The van der Waals surface area contributed by atoms with Gasteiger partial charge in [0, 0.05) is 30.0 Å². The first kappa shape index (κ1) is 24.5. The molecule has 4 N–H and O–H groups in total. The highest BCUT2D eigenvalue weighted by molar-refractivity contribution is 5.91. The molecular weight excluding hydrogens is 418 g/mol. The number of carbonyl (C=O) groups is 3. The lowest BCUT2D eigenvalue weighted by Crippen LogP contribution is -2.30. The van der Waals surface area contributed by atoms with Crippen molar-refractivity contribution in [1.82, 2.24) is 5.32 Å². The Morgan fingerprint density at radius 3 is 1.94 bits per heavy atom. The van der Waals surface area contributed by atoms with Gasteiger partial charge in [-0.05, 0) is 19.4 Å². The molecule has 0 fully saturated rings. The lowest BCUT2D eigenvalue weighted by molar-refractivity contribution is -0.431. The smallest absolute Gasteiger partial charge is 0.334 e. The Morgan fingerprint density at radius 2 is 1.52 bits per heavy atom. The van der Waals surface area contributed by atoms with Crippen LogP contribution in [0.4, 0.5) is 5.69 Å². The first-order valence-electron chi connectivity index (χ1n) is 8.31. The molecule has 31 heavy (non-hydrogen) atoms. The second-order valence-electron chi connectivity index (χ2n) is 6.03. The molecule has 0 radical (unpaired) electrons. The maximum absolute atomic E-state index is 11.6. The number of non-ortho nitro benzene ring substituents is 1. The molecule has 0 amide bonds. The summed E-state index contributed by atoms with van der Waals surface area (Å²) >= 11 is 0. The Balaban J connectivity index is 0.000000512. The van der Waals surface area contributed by atoms with Gasteiger partial charge in [0.05, 0.1) is 21.1 Å². The Hall–Kier alpha value is -4.55. The zero-order valence-electron chi connectivity index (χ0n) is 16.1. The Labute approximate surface area is 173 Å². The Bertz CT molecular complexity index is 987. The molecule has 2 rings (SSSR count). The first-order valence-corrected chi connectivity index (χ1v) is 8.31. The zero-order chi connectivity index (χ0) is 23.9. The van der Waals surface area contributed by atoms with E-state index < -0.39 is 33.7 Å². The third kappa shape index (κ3) is 6.49. The van der Waals surface area contributed by atoms with Crippen LogP contribution in [-0.2, 0) is 14.4 Å². The van der Waals surface area contributed by atoms with Crippen LogP contribution in [0.15, 0.2) is 59.1 Å². The minimum Gasteiger partial charge on any atom is -0.478 e. The molecule has 0 saturated heterocycles. The number of nitrogens with one attached hydrogen (secondary N) is 1. The van der Waals surface area contributed by atoms with Crippen LogP contribution in [0.1, 0.15) is 25.3 Å². The third-order valence-corrected chi connectivity index (χ3v) is 3.94. The largest absolute Gasteiger partial charge is 0.478 e. The van der Waals surface area contributed by atoms with E-state index in [-0.39, 0.29) is 33.9 Å². The van der Waals surface area contributed by atoms with Gasteiger partial charge >= 0.3 is 17.9 Å². The normalized spacial score (nSPS) is 15.6. The summed E-state index contributed by atoms with van der Waals surface area (Å²) in [4.78, 5) is 51.7. The van der Waals surface area contributed by atoms with Gasteiger partial charge in [0.2, 0.25) is 0 Å². The fraction of sp³-hybridized carbons (Fsp3) is 0.167. The predicted molar refractivity (Wildman–Crippen MR) is 103 cm³/mol. The molecule has 1 unspecified atom stereocenters. The summed E-state index contributed by atoms with van der Waals surface area (Å²) in [6.07, 6.45) is 1.12. The van der Waals surface area contributed by atoms with E-state index in [1.54, 1.807) is 0 Å². The molecule has 0 saturated carbocycles. The fourth-order valence-electron chi connectivity index (χ4n) is 2.79. The van der Waals surface area contributed by atoms with Crippen LogP contribution < -0.4 is 5.32 Å². The summed E-state index contributed by atoms with van der Waals surface area (Å²) in [5.41, 5.74) is -0.158. The van der Waals surface area contributed by atoms with Gasteiger partial charge in [-0.25, -0.2) is 14.4 Å². The highest BCUT2D eigenvalue weighted by Gasteiger charge is 2.40. The number of rotatable bonds is 6. The number of dihydropyridines is 1. The van der Waals surface area contributed by atoms with E-state index in [0.717, 1.165) is 6.07 Å². The number of allylic oxidation sites excluding steroid dienone is 3. The average Bonchev–Trinajstić information content (AvgIpc) is 2.65. The number of nitrogens with zero attached hydrogens (tertiary/aromatic N) is 2. The summed E-state index contributed by atoms with van der Waals surface area (Å²) < 4.78 is 0. The van der Waals surface area contributed by atoms with Gasteiger partial charge in [0.25, 0.3) is 11.4 Å². The van der Waals surface area contributed by atoms with E-state index in [9.17, 15) is 39.7 Å². The number of carboxylic acids is 3. The molecule has 0 bridgehead atoms. The van der Waals surface area contributed by atoms with Crippen LogP contribution >= 0.6 is 0 Å². The van der Waals surface area contributed by atoms with Gasteiger partial charge < -0.3 is 20.6 Å². The summed E-state index contributed by atoms with van der Waals surface area (Å²) in [5, 5.41) is 50.0. The van der Waals surface area contributed by atoms with Crippen molar-refractivity contribution in [2.45, 2.75) is 19.8 Å². The topological polar surface area (TPSA) is 210 Å². The van der Waals surface area contributed by atoms with Crippen LogP contribution in [0.2, 0.25) is 0 Å². The van der Waals surface area contributed by atoms with Crippen molar-refractivity contribution in [3.8, 4) is 0 Å². The second kappa shape index (κ2) is 10.3. The average molecular weight is 435 g/mol. The van der Waals surface area contributed by atoms with Crippen molar-refractivity contribution < 1.29 is 39.5 Å². The fourth-order valence-corrected chi connectivity index (χ4v) is 2.79. The van der Waals surface area contributed by atoms with Crippen LogP contribution in [0, 0.1) is 20.2 Å². The summed E-state index contributed by atoms with van der Waals surface area (Å²) in [6, 6.07) is 5.21. The number of hydrogen-bond donors (Lipinski definition) is 4. The summed E-state index contributed by atoms with van der Waals surface area (Å²) in [7, 11) is 0. The number of nitro groups is 2. The number of benzene rings is 1. The zero-order valence-corrected chi connectivity index (χ0v) is 16.1. The molecule has 1 aliphatic rings. The standard InChI is InChI=1S/C14H13N3O6.C4H4O4/c1-7-11(14(18)19)12(13(17(22)23)8(2)15-7)9-4-3-5-10(6-9)16(20)21;5-3(6)1-2-4(7)8/h3-6,12,15H,1-2H3,(H,18,19);1-2H,(H,5,6)(H,7,8). The number of nitro benzene ring substituents is 1. The molecule has 13 nitrogen and oxygen atoms in total. The molecule has 1 aromatic rings. The molecular formula is C18H17N3O10. The maximum atomic E-state index is 11.6. The molecule has 13 heteroatoms. The van der Waals surface area contributed by atoms with Crippen molar-refractivity contribution in [2.75, 3.05) is 0 Å². The van der Waals surface area contributed by atoms with E-state index in [2.05, 4.69) is 5.32 Å². The second-order valence-corrected chi connectivity index (χ2v) is 6.03. The first-order chi connectivity index (χ1) is 14.4. The lowest BCUT2D eigenvalue weighted by atomic mass is 9.84. The van der Waals surface area contributed by atoms with Crippen LogP contribution in [-0.4, -0.2) is 43.1 Å². The van der Waals surface area contributed by atoms with Crippen molar-refractivity contribution in [1.29, 1.82) is 0 Å². The SMILES string of the molecule is CC1=C(C(=O)O)C(c2cccc([N+](=O)[O-])c2)C([N+](=O)[O-])=C(C)N1.O=C(O)C=CC(=O)O. The summed E-state index contributed by atoms with van der Waals surface area (Å²) in [6.45, 7) is 2.96. The van der Waals surface area contributed by atoms with Gasteiger partial charge in [0.15, 0.2) is 0 Å². The highest BCUT2D eigenvalue weighted by atomic mass is 16.6. The van der Waals surface area contributed by atoms with Crippen molar-refractivity contribution >= 4 is 23.6 Å². The van der Waals surface area contributed by atoms with Crippen LogP contribution in [0.3, 0.4) is 0 Å². The Morgan fingerprint density at radius 1 is 0.968 bits per heavy atom. The molecule has 0 aromatic heterocycles.